The van der Waals surface area contributed by atoms with Crippen LogP contribution in [0.25, 0.3) is 0 Å². The molecule has 5 nitrogen and oxygen atoms in total. The van der Waals surface area contributed by atoms with Crippen LogP contribution in [0.3, 0.4) is 0 Å². The summed E-state index contributed by atoms with van der Waals surface area (Å²) in [6, 6.07) is 13.6. The highest BCUT2D eigenvalue weighted by Gasteiger charge is 2.15. The lowest BCUT2D eigenvalue weighted by Gasteiger charge is -2.10. The second-order valence-electron chi connectivity index (χ2n) is 6.78. The molecule has 0 bridgehead atoms. The number of carbonyl (C=O) groups is 2. The molecular weight excluding hydrogens is 342 g/mol. The summed E-state index contributed by atoms with van der Waals surface area (Å²) in [6.45, 7) is 6.36. The number of methoxy groups -OCH3 is 1. The molecule has 0 radical (unpaired) electrons. The van der Waals surface area contributed by atoms with E-state index in [1.807, 2.05) is 13.0 Å². The van der Waals surface area contributed by atoms with E-state index in [9.17, 15) is 9.59 Å². The molecule has 0 atom stereocenters. The molecule has 0 saturated heterocycles. The number of rotatable bonds is 8. The van der Waals surface area contributed by atoms with Gasteiger partial charge in [0.25, 0.3) is 5.91 Å². The normalized spacial score (nSPS) is 10.6. The minimum Gasteiger partial charge on any atom is -0.496 e. The second-order valence-corrected chi connectivity index (χ2v) is 6.78. The van der Waals surface area contributed by atoms with Gasteiger partial charge in [-0.2, -0.15) is 0 Å². The Bertz CT molecular complexity index is 781. The van der Waals surface area contributed by atoms with Gasteiger partial charge in [-0.15, -0.1) is 0 Å². The molecule has 27 heavy (non-hydrogen) atoms. The number of benzene rings is 2. The zero-order valence-electron chi connectivity index (χ0n) is 16.4. The van der Waals surface area contributed by atoms with Crippen LogP contribution in [0, 0.1) is 6.92 Å². The summed E-state index contributed by atoms with van der Waals surface area (Å²) in [5.74, 6) is 0.0278. The van der Waals surface area contributed by atoms with E-state index in [1.165, 1.54) is 12.7 Å². The van der Waals surface area contributed by atoms with Gasteiger partial charge in [0, 0.05) is 6.54 Å². The Hall–Kier alpha value is -2.82. The van der Waals surface area contributed by atoms with Gasteiger partial charge in [-0.25, -0.2) is 4.79 Å². The number of aryl methyl sites for hydroxylation is 1. The van der Waals surface area contributed by atoms with Crippen LogP contribution in [0.15, 0.2) is 42.5 Å². The predicted molar refractivity (Wildman–Crippen MR) is 105 cm³/mol. The van der Waals surface area contributed by atoms with Crippen LogP contribution >= 0.6 is 0 Å². The lowest BCUT2D eigenvalue weighted by atomic mass is 10.0. The van der Waals surface area contributed by atoms with Crippen LogP contribution in [-0.2, 0) is 16.0 Å². The Morgan fingerprint density at radius 1 is 1.07 bits per heavy atom. The van der Waals surface area contributed by atoms with Crippen molar-refractivity contribution in [3.63, 3.8) is 0 Å². The number of hydrogen-bond acceptors (Lipinski definition) is 4. The van der Waals surface area contributed by atoms with Crippen LogP contribution in [0.4, 0.5) is 0 Å². The zero-order chi connectivity index (χ0) is 19.8. The van der Waals surface area contributed by atoms with Crippen molar-refractivity contribution in [3.05, 3.63) is 64.7 Å². The SMILES string of the molecule is COc1ccc(C)cc1C(=O)OCC(=O)NCCc1ccc(C(C)C)cc1. The summed E-state index contributed by atoms with van der Waals surface area (Å²) < 4.78 is 10.3. The van der Waals surface area contributed by atoms with Gasteiger partial charge < -0.3 is 14.8 Å². The zero-order valence-corrected chi connectivity index (χ0v) is 16.4. The fourth-order valence-electron chi connectivity index (χ4n) is 2.66. The van der Waals surface area contributed by atoms with Gasteiger partial charge in [0.15, 0.2) is 6.61 Å². The van der Waals surface area contributed by atoms with Crippen molar-refractivity contribution in [1.29, 1.82) is 0 Å². The summed E-state index contributed by atoms with van der Waals surface area (Å²) in [6.07, 6.45) is 0.726. The molecule has 0 saturated carbocycles. The van der Waals surface area contributed by atoms with Crippen molar-refractivity contribution in [2.45, 2.75) is 33.1 Å². The highest BCUT2D eigenvalue weighted by molar-refractivity contribution is 5.94. The maximum absolute atomic E-state index is 12.2. The third kappa shape index (κ3) is 6.13. The molecule has 2 rings (SSSR count). The van der Waals surface area contributed by atoms with Crippen LogP contribution in [-0.4, -0.2) is 32.1 Å². The smallest absolute Gasteiger partial charge is 0.342 e. The average molecular weight is 369 g/mol. The first-order valence-electron chi connectivity index (χ1n) is 9.08. The standard InChI is InChI=1S/C22H27NO4/c1-15(2)18-8-6-17(7-9-18)11-12-23-21(24)14-27-22(25)19-13-16(3)5-10-20(19)26-4/h5-10,13,15H,11-12,14H2,1-4H3,(H,23,24). The predicted octanol–water partition coefficient (Wildman–Crippen LogP) is 3.64. The molecule has 0 spiro atoms. The van der Waals surface area contributed by atoms with E-state index in [1.54, 1.807) is 12.1 Å². The molecule has 2 aromatic carbocycles. The first-order chi connectivity index (χ1) is 12.9. The Labute approximate surface area is 160 Å². The number of ether oxygens (including phenoxy) is 2. The summed E-state index contributed by atoms with van der Waals surface area (Å²) >= 11 is 0. The average Bonchev–Trinajstić information content (AvgIpc) is 2.66. The van der Waals surface area contributed by atoms with E-state index in [4.69, 9.17) is 9.47 Å². The fraction of sp³-hybridized carbons (Fsp3) is 0.364. The minimum atomic E-state index is -0.574. The van der Waals surface area contributed by atoms with Gasteiger partial charge in [0.05, 0.1) is 7.11 Å². The summed E-state index contributed by atoms with van der Waals surface area (Å²) in [4.78, 5) is 24.1. The highest BCUT2D eigenvalue weighted by atomic mass is 16.5. The molecule has 0 aliphatic rings. The Balaban J connectivity index is 1.77. The van der Waals surface area contributed by atoms with E-state index in [0.717, 1.165) is 17.5 Å². The molecule has 144 valence electrons. The lowest BCUT2D eigenvalue weighted by molar-refractivity contribution is -0.124. The quantitative estimate of drug-likeness (QED) is 0.722. The van der Waals surface area contributed by atoms with Crippen molar-refractivity contribution < 1.29 is 19.1 Å². The van der Waals surface area contributed by atoms with E-state index in [-0.39, 0.29) is 12.5 Å². The van der Waals surface area contributed by atoms with E-state index < -0.39 is 5.97 Å². The molecule has 0 fully saturated rings. The molecule has 1 amide bonds. The number of hydrogen-bond donors (Lipinski definition) is 1. The maximum Gasteiger partial charge on any atom is 0.342 e. The van der Waals surface area contributed by atoms with Crippen LogP contribution < -0.4 is 10.1 Å². The number of esters is 1. The summed E-state index contributed by atoms with van der Waals surface area (Å²) in [5, 5.41) is 2.77. The molecule has 0 unspecified atom stereocenters. The third-order valence-electron chi connectivity index (χ3n) is 4.29. The number of amides is 1. The largest absolute Gasteiger partial charge is 0.496 e. The molecule has 2 aromatic rings. The van der Waals surface area contributed by atoms with Crippen LogP contribution in [0.5, 0.6) is 5.75 Å². The first-order valence-corrected chi connectivity index (χ1v) is 9.08. The third-order valence-corrected chi connectivity index (χ3v) is 4.29. The van der Waals surface area contributed by atoms with E-state index in [0.29, 0.717) is 23.8 Å². The van der Waals surface area contributed by atoms with Crippen molar-refractivity contribution in [2.75, 3.05) is 20.3 Å². The van der Waals surface area contributed by atoms with Gasteiger partial charge in [0.1, 0.15) is 11.3 Å². The number of nitrogens with one attached hydrogen (secondary N) is 1. The monoisotopic (exact) mass is 369 g/mol. The van der Waals surface area contributed by atoms with Gasteiger partial charge in [-0.05, 0) is 42.5 Å². The van der Waals surface area contributed by atoms with Crippen LogP contribution in [0.2, 0.25) is 0 Å². The molecule has 0 aliphatic carbocycles. The second kappa shape index (κ2) is 9.76. The Morgan fingerprint density at radius 2 is 1.78 bits per heavy atom. The van der Waals surface area contributed by atoms with Crippen molar-refractivity contribution in [2.24, 2.45) is 0 Å². The Morgan fingerprint density at radius 3 is 2.41 bits per heavy atom. The van der Waals surface area contributed by atoms with Gasteiger partial charge in [-0.1, -0.05) is 49.7 Å². The van der Waals surface area contributed by atoms with Crippen molar-refractivity contribution >= 4 is 11.9 Å². The van der Waals surface area contributed by atoms with E-state index in [2.05, 4.69) is 43.4 Å². The topological polar surface area (TPSA) is 64.6 Å². The van der Waals surface area contributed by atoms with Gasteiger partial charge in [-0.3, -0.25) is 4.79 Å². The molecule has 0 heterocycles. The molecule has 0 aliphatic heterocycles. The molecular formula is C22H27NO4. The summed E-state index contributed by atoms with van der Waals surface area (Å²) in [7, 11) is 1.49. The lowest BCUT2D eigenvalue weighted by Crippen LogP contribution is -2.30. The van der Waals surface area contributed by atoms with Gasteiger partial charge >= 0.3 is 5.97 Å². The molecule has 5 heteroatoms. The fourth-order valence-corrected chi connectivity index (χ4v) is 2.66. The molecule has 1 N–H and O–H groups in total. The maximum atomic E-state index is 12.2. The molecule has 0 aromatic heterocycles. The summed E-state index contributed by atoms with van der Waals surface area (Å²) in [5.41, 5.74) is 3.67. The van der Waals surface area contributed by atoms with Gasteiger partial charge in [0.2, 0.25) is 0 Å². The van der Waals surface area contributed by atoms with Crippen LogP contribution in [0.1, 0.15) is 46.8 Å². The van der Waals surface area contributed by atoms with E-state index >= 15 is 0 Å². The van der Waals surface area contributed by atoms with Crippen molar-refractivity contribution in [1.82, 2.24) is 5.32 Å². The minimum absolute atomic E-state index is 0.315. The number of carbonyl (C=O) groups excluding carboxylic acids is 2. The first kappa shape index (κ1) is 20.5. The van der Waals surface area contributed by atoms with Crippen molar-refractivity contribution in [3.8, 4) is 5.75 Å². The highest BCUT2D eigenvalue weighted by Crippen LogP contribution is 2.20. The Kier molecular flexibility index (Phi) is 7.41.